The van der Waals surface area contributed by atoms with Gasteiger partial charge in [0.1, 0.15) is 17.3 Å². The first kappa shape index (κ1) is 13.8. The number of carbonyl (C=O) groups excluding carboxylic acids is 1. The van der Waals surface area contributed by atoms with Crippen molar-refractivity contribution in [3.8, 4) is 0 Å². The number of halogens is 2. The fourth-order valence-electron chi connectivity index (χ4n) is 1.71. The van der Waals surface area contributed by atoms with Crippen molar-refractivity contribution in [1.29, 1.82) is 0 Å². The van der Waals surface area contributed by atoms with E-state index in [4.69, 9.17) is 4.42 Å². The summed E-state index contributed by atoms with van der Waals surface area (Å²) in [7, 11) is 0. The molecule has 0 saturated carbocycles. The summed E-state index contributed by atoms with van der Waals surface area (Å²) in [6.07, 6.45) is 0. The lowest BCUT2D eigenvalue weighted by atomic mass is 10.2. The first-order valence-corrected chi connectivity index (χ1v) is 6.59. The number of rotatable bonds is 3. The lowest BCUT2D eigenvalue weighted by molar-refractivity contribution is 0.0934. The summed E-state index contributed by atoms with van der Waals surface area (Å²) in [5, 5.41) is 2.76. The molecular weight excluding hydrogens is 313 g/mol. The monoisotopic (exact) mass is 325 g/mol. The van der Waals surface area contributed by atoms with Crippen molar-refractivity contribution in [2.75, 3.05) is 0 Å². The number of aryl methyl sites for hydroxylation is 1. The molecule has 19 heavy (non-hydrogen) atoms. The van der Waals surface area contributed by atoms with Crippen LogP contribution in [-0.2, 0) is 0 Å². The predicted octanol–water partition coefficient (Wildman–Crippen LogP) is 3.98. The molecule has 0 bridgehead atoms. The molecule has 0 saturated heterocycles. The number of hydrogen-bond acceptors (Lipinski definition) is 2. The van der Waals surface area contributed by atoms with Crippen LogP contribution in [0.1, 0.15) is 34.8 Å². The van der Waals surface area contributed by atoms with Crippen LogP contribution in [0.4, 0.5) is 4.39 Å². The van der Waals surface area contributed by atoms with E-state index in [-0.39, 0.29) is 22.0 Å². The summed E-state index contributed by atoms with van der Waals surface area (Å²) in [4.78, 5) is 12.1. The Hall–Kier alpha value is -1.62. The van der Waals surface area contributed by atoms with E-state index in [9.17, 15) is 9.18 Å². The van der Waals surface area contributed by atoms with Crippen LogP contribution < -0.4 is 5.32 Å². The summed E-state index contributed by atoms with van der Waals surface area (Å²) in [5.41, 5.74) is 0.259. The molecular formula is C14H13BrFNO2. The molecule has 100 valence electrons. The molecule has 5 heteroatoms. The average Bonchev–Trinajstić information content (AvgIpc) is 2.79. The summed E-state index contributed by atoms with van der Waals surface area (Å²) in [6, 6.07) is 7.70. The van der Waals surface area contributed by atoms with Crippen molar-refractivity contribution >= 4 is 21.8 Å². The third-order valence-electron chi connectivity index (χ3n) is 2.73. The molecule has 1 aromatic carbocycles. The van der Waals surface area contributed by atoms with E-state index in [0.717, 1.165) is 5.76 Å². The van der Waals surface area contributed by atoms with Crippen molar-refractivity contribution < 1.29 is 13.6 Å². The molecule has 2 aromatic rings. The van der Waals surface area contributed by atoms with Crippen LogP contribution in [0.25, 0.3) is 0 Å². The smallest absolute Gasteiger partial charge is 0.253 e. The number of furan rings is 1. The Morgan fingerprint density at radius 3 is 2.74 bits per heavy atom. The maximum absolute atomic E-state index is 13.4. The quantitative estimate of drug-likeness (QED) is 0.927. The molecule has 0 aliphatic rings. The zero-order chi connectivity index (χ0) is 14.0. The SMILES string of the molecule is Cc1ccc(C(C)NC(=O)c2cccc(F)c2Br)o1. The van der Waals surface area contributed by atoms with E-state index >= 15 is 0 Å². The van der Waals surface area contributed by atoms with Crippen molar-refractivity contribution in [1.82, 2.24) is 5.32 Å². The van der Waals surface area contributed by atoms with Gasteiger partial charge in [-0.25, -0.2) is 4.39 Å². The minimum atomic E-state index is -0.464. The number of amides is 1. The summed E-state index contributed by atoms with van der Waals surface area (Å²) in [5.74, 6) is 0.628. The fourth-order valence-corrected chi connectivity index (χ4v) is 2.16. The van der Waals surface area contributed by atoms with Crippen LogP contribution in [0.15, 0.2) is 39.2 Å². The topological polar surface area (TPSA) is 42.2 Å². The van der Waals surface area contributed by atoms with E-state index in [2.05, 4.69) is 21.2 Å². The van der Waals surface area contributed by atoms with Gasteiger partial charge >= 0.3 is 0 Å². The molecule has 2 rings (SSSR count). The van der Waals surface area contributed by atoms with Crippen molar-refractivity contribution in [3.05, 3.63) is 57.7 Å². The summed E-state index contributed by atoms with van der Waals surface area (Å²) < 4.78 is 19.0. The van der Waals surface area contributed by atoms with E-state index in [1.807, 2.05) is 19.9 Å². The molecule has 1 heterocycles. The molecule has 3 nitrogen and oxygen atoms in total. The van der Waals surface area contributed by atoms with E-state index in [0.29, 0.717) is 5.76 Å². The zero-order valence-electron chi connectivity index (χ0n) is 10.5. The van der Waals surface area contributed by atoms with Gasteiger partial charge in [0.25, 0.3) is 5.91 Å². The van der Waals surface area contributed by atoms with Gasteiger partial charge in [-0.2, -0.15) is 0 Å². The molecule has 0 fully saturated rings. The highest BCUT2D eigenvalue weighted by atomic mass is 79.9. The molecule has 1 atom stereocenters. The Balaban J connectivity index is 2.15. The molecule has 0 aliphatic carbocycles. The highest BCUT2D eigenvalue weighted by molar-refractivity contribution is 9.10. The highest BCUT2D eigenvalue weighted by Crippen LogP contribution is 2.22. The maximum atomic E-state index is 13.4. The van der Waals surface area contributed by atoms with Gasteiger partial charge in [-0.1, -0.05) is 6.07 Å². The molecule has 0 radical (unpaired) electrons. The molecule has 1 unspecified atom stereocenters. The minimum absolute atomic E-state index is 0.162. The number of nitrogens with one attached hydrogen (secondary N) is 1. The van der Waals surface area contributed by atoms with E-state index < -0.39 is 5.82 Å². The van der Waals surface area contributed by atoms with Gasteiger partial charge in [-0.05, 0) is 54.0 Å². The molecule has 0 spiro atoms. The lowest BCUT2D eigenvalue weighted by Gasteiger charge is -2.12. The molecule has 1 amide bonds. The van der Waals surface area contributed by atoms with Gasteiger partial charge in [0.05, 0.1) is 16.1 Å². The molecule has 1 aromatic heterocycles. The minimum Gasteiger partial charge on any atom is -0.464 e. The van der Waals surface area contributed by atoms with Crippen LogP contribution in [0.5, 0.6) is 0 Å². The Labute approximate surface area is 118 Å². The van der Waals surface area contributed by atoms with Gasteiger partial charge < -0.3 is 9.73 Å². The second-order valence-corrected chi connectivity index (χ2v) is 5.04. The Kier molecular flexibility index (Phi) is 4.04. The number of carbonyl (C=O) groups is 1. The zero-order valence-corrected chi connectivity index (χ0v) is 12.1. The molecule has 1 N–H and O–H groups in total. The second-order valence-electron chi connectivity index (χ2n) is 4.24. The lowest BCUT2D eigenvalue weighted by Crippen LogP contribution is -2.26. The second kappa shape index (κ2) is 5.57. The van der Waals surface area contributed by atoms with Gasteiger partial charge in [-0.3, -0.25) is 4.79 Å². The van der Waals surface area contributed by atoms with Gasteiger partial charge in [0, 0.05) is 0 Å². The van der Waals surface area contributed by atoms with Crippen LogP contribution in [-0.4, -0.2) is 5.91 Å². The summed E-state index contributed by atoms with van der Waals surface area (Å²) >= 11 is 3.07. The van der Waals surface area contributed by atoms with Crippen molar-refractivity contribution in [2.24, 2.45) is 0 Å². The Bertz CT molecular complexity index is 609. The third-order valence-corrected chi connectivity index (χ3v) is 3.54. The van der Waals surface area contributed by atoms with Crippen molar-refractivity contribution in [2.45, 2.75) is 19.9 Å². The van der Waals surface area contributed by atoms with Gasteiger partial charge in [-0.15, -0.1) is 0 Å². The predicted molar refractivity (Wildman–Crippen MR) is 73.4 cm³/mol. The number of benzene rings is 1. The van der Waals surface area contributed by atoms with Crippen LogP contribution in [0.2, 0.25) is 0 Å². The molecule has 0 aliphatic heterocycles. The normalized spacial score (nSPS) is 12.2. The first-order chi connectivity index (χ1) is 8.99. The standard InChI is InChI=1S/C14H13BrFNO2/c1-8-6-7-12(19-8)9(2)17-14(18)10-4-3-5-11(16)13(10)15/h3-7,9H,1-2H3,(H,17,18). The Morgan fingerprint density at radius 2 is 2.11 bits per heavy atom. The average molecular weight is 326 g/mol. The van der Waals surface area contributed by atoms with Crippen LogP contribution >= 0.6 is 15.9 Å². The third kappa shape index (κ3) is 3.04. The first-order valence-electron chi connectivity index (χ1n) is 5.80. The largest absolute Gasteiger partial charge is 0.464 e. The van der Waals surface area contributed by atoms with Gasteiger partial charge in [0.2, 0.25) is 0 Å². The number of hydrogen-bond donors (Lipinski definition) is 1. The van der Waals surface area contributed by atoms with E-state index in [1.165, 1.54) is 12.1 Å². The summed E-state index contributed by atoms with van der Waals surface area (Å²) in [6.45, 7) is 3.64. The highest BCUT2D eigenvalue weighted by Gasteiger charge is 2.17. The van der Waals surface area contributed by atoms with Gasteiger partial charge in [0.15, 0.2) is 0 Å². The van der Waals surface area contributed by atoms with Crippen molar-refractivity contribution in [3.63, 3.8) is 0 Å². The maximum Gasteiger partial charge on any atom is 0.253 e. The Morgan fingerprint density at radius 1 is 1.37 bits per heavy atom. The van der Waals surface area contributed by atoms with Crippen LogP contribution in [0.3, 0.4) is 0 Å². The fraction of sp³-hybridized carbons (Fsp3) is 0.214. The van der Waals surface area contributed by atoms with E-state index in [1.54, 1.807) is 12.1 Å². The van der Waals surface area contributed by atoms with Crippen LogP contribution in [0, 0.1) is 12.7 Å².